The molecule has 6 heteroatoms. The van der Waals surface area contributed by atoms with E-state index >= 15 is 0 Å². The fraction of sp³-hybridized carbons (Fsp3) is 0.208. The van der Waals surface area contributed by atoms with E-state index in [0.29, 0.717) is 22.4 Å². The lowest BCUT2D eigenvalue weighted by atomic mass is 10.1. The first-order valence-electron chi connectivity index (χ1n) is 9.59. The largest absolute Gasteiger partial charge is 0.493 e. The second-order valence-corrected chi connectivity index (χ2v) is 7.78. The van der Waals surface area contributed by atoms with Gasteiger partial charge in [-0.3, -0.25) is 4.79 Å². The van der Waals surface area contributed by atoms with Gasteiger partial charge in [0.2, 0.25) is 0 Å². The number of benzene rings is 3. The lowest BCUT2D eigenvalue weighted by Gasteiger charge is -2.14. The van der Waals surface area contributed by atoms with Crippen LogP contribution in [0.5, 0.6) is 11.5 Å². The molecule has 30 heavy (non-hydrogen) atoms. The molecule has 0 saturated heterocycles. The van der Waals surface area contributed by atoms with Crippen LogP contribution in [0.25, 0.3) is 0 Å². The van der Waals surface area contributed by atoms with Crippen molar-refractivity contribution in [3.63, 3.8) is 0 Å². The Morgan fingerprint density at radius 2 is 1.80 bits per heavy atom. The summed E-state index contributed by atoms with van der Waals surface area (Å²) in [6.45, 7) is 6.70. The van der Waals surface area contributed by atoms with E-state index in [2.05, 4.69) is 21.2 Å². The first-order chi connectivity index (χ1) is 14.4. The van der Waals surface area contributed by atoms with E-state index in [1.807, 2.05) is 39.0 Å². The first-order valence-corrected chi connectivity index (χ1v) is 10.4. The summed E-state index contributed by atoms with van der Waals surface area (Å²) in [5.41, 5.74) is 3.57. The van der Waals surface area contributed by atoms with Crippen LogP contribution in [0.1, 0.15) is 34.0 Å². The predicted octanol–water partition coefficient (Wildman–Crippen LogP) is 6.44. The molecule has 0 aliphatic carbocycles. The Balaban J connectivity index is 1.80. The molecule has 0 radical (unpaired) electrons. The topological polar surface area (TPSA) is 47.6 Å². The van der Waals surface area contributed by atoms with Crippen LogP contribution in [-0.2, 0) is 6.61 Å². The van der Waals surface area contributed by atoms with Crippen molar-refractivity contribution in [1.29, 1.82) is 0 Å². The van der Waals surface area contributed by atoms with Gasteiger partial charge in [0.05, 0.1) is 12.3 Å². The molecule has 0 bridgehead atoms. The van der Waals surface area contributed by atoms with E-state index in [1.54, 1.807) is 24.3 Å². The number of aryl methyl sites for hydroxylation is 2. The molecule has 156 valence electrons. The monoisotopic (exact) mass is 471 g/mol. The number of nitrogens with one attached hydrogen (secondary N) is 1. The normalized spacial score (nSPS) is 10.6. The van der Waals surface area contributed by atoms with Crippen molar-refractivity contribution < 1.29 is 18.7 Å². The van der Waals surface area contributed by atoms with Crippen LogP contribution < -0.4 is 14.8 Å². The summed E-state index contributed by atoms with van der Waals surface area (Å²) in [6, 6.07) is 15.5. The number of hydrogen-bond donors (Lipinski definition) is 1. The molecule has 1 N–H and O–H groups in total. The second-order valence-electron chi connectivity index (χ2n) is 6.87. The third kappa shape index (κ3) is 5.39. The van der Waals surface area contributed by atoms with Gasteiger partial charge in [0, 0.05) is 15.6 Å². The van der Waals surface area contributed by atoms with Gasteiger partial charge < -0.3 is 14.8 Å². The third-order valence-corrected chi connectivity index (χ3v) is 5.17. The Labute approximate surface area is 184 Å². The van der Waals surface area contributed by atoms with Gasteiger partial charge in [-0.2, -0.15) is 0 Å². The van der Waals surface area contributed by atoms with Crippen LogP contribution in [-0.4, -0.2) is 12.5 Å². The maximum absolute atomic E-state index is 14.1. The highest BCUT2D eigenvalue weighted by atomic mass is 79.9. The highest BCUT2D eigenvalue weighted by Gasteiger charge is 2.14. The van der Waals surface area contributed by atoms with Crippen LogP contribution >= 0.6 is 15.9 Å². The number of carbonyl (C=O) groups is 1. The molecule has 0 heterocycles. The highest BCUT2D eigenvalue weighted by molar-refractivity contribution is 9.10. The van der Waals surface area contributed by atoms with Crippen molar-refractivity contribution in [1.82, 2.24) is 0 Å². The Morgan fingerprint density at radius 1 is 1.00 bits per heavy atom. The molecule has 0 unspecified atom stereocenters. The minimum absolute atomic E-state index is 0.116. The fourth-order valence-electron chi connectivity index (χ4n) is 2.88. The molecule has 0 fully saturated rings. The summed E-state index contributed by atoms with van der Waals surface area (Å²) in [6.07, 6.45) is 0. The average molecular weight is 472 g/mol. The van der Waals surface area contributed by atoms with Gasteiger partial charge in [-0.15, -0.1) is 0 Å². The minimum atomic E-state index is -0.512. The maximum Gasteiger partial charge on any atom is 0.255 e. The molecular weight excluding hydrogens is 449 g/mol. The summed E-state index contributed by atoms with van der Waals surface area (Å²) in [5.74, 6) is 0.466. The molecule has 4 nitrogen and oxygen atoms in total. The van der Waals surface area contributed by atoms with Crippen LogP contribution in [0.15, 0.2) is 59.1 Å². The molecule has 0 aliphatic heterocycles. The quantitative estimate of drug-likeness (QED) is 0.431. The number of halogens is 2. The van der Waals surface area contributed by atoms with Crippen molar-refractivity contribution in [2.75, 3.05) is 11.9 Å². The predicted molar refractivity (Wildman–Crippen MR) is 120 cm³/mol. The number of ether oxygens (including phenoxy) is 2. The Bertz CT molecular complexity index is 1070. The van der Waals surface area contributed by atoms with Crippen molar-refractivity contribution in [3.05, 3.63) is 87.1 Å². The SMILES string of the molecule is CCOc1ccc(C(=O)Nc2ccc(Br)cc2F)cc1COc1ccc(C)c(C)c1. The zero-order valence-corrected chi connectivity index (χ0v) is 18.7. The maximum atomic E-state index is 14.1. The van der Waals surface area contributed by atoms with Gasteiger partial charge in [0.15, 0.2) is 0 Å². The lowest BCUT2D eigenvalue weighted by molar-refractivity contribution is 0.102. The number of rotatable bonds is 7. The number of anilines is 1. The van der Waals surface area contributed by atoms with Gasteiger partial charge in [0.25, 0.3) is 5.91 Å². The van der Waals surface area contributed by atoms with Crippen LogP contribution in [0.3, 0.4) is 0 Å². The Kier molecular flexibility index (Phi) is 7.11. The van der Waals surface area contributed by atoms with Crippen LogP contribution in [0, 0.1) is 19.7 Å². The summed E-state index contributed by atoms with van der Waals surface area (Å²) < 4.78 is 26.3. The first kappa shape index (κ1) is 21.8. The van der Waals surface area contributed by atoms with E-state index in [-0.39, 0.29) is 12.3 Å². The highest BCUT2D eigenvalue weighted by Crippen LogP contribution is 2.25. The summed E-state index contributed by atoms with van der Waals surface area (Å²) in [7, 11) is 0. The molecule has 0 spiro atoms. The molecule has 1 amide bonds. The number of hydrogen-bond acceptors (Lipinski definition) is 3. The molecule has 0 aromatic heterocycles. The van der Waals surface area contributed by atoms with Crippen molar-refractivity contribution >= 4 is 27.5 Å². The molecule has 3 aromatic carbocycles. The van der Waals surface area contributed by atoms with Gasteiger partial charge in [0.1, 0.15) is 23.9 Å². The summed E-state index contributed by atoms with van der Waals surface area (Å²) in [5, 5.41) is 2.60. The summed E-state index contributed by atoms with van der Waals surface area (Å²) in [4.78, 5) is 12.7. The fourth-order valence-corrected chi connectivity index (χ4v) is 3.21. The molecule has 0 saturated carbocycles. The van der Waals surface area contributed by atoms with Gasteiger partial charge in [-0.1, -0.05) is 22.0 Å². The van der Waals surface area contributed by atoms with Gasteiger partial charge >= 0.3 is 0 Å². The van der Waals surface area contributed by atoms with Crippen LogP contribution in [0.2, 0.25) is 0 Å². The molecule has 0 atom stereocenters. The lowest BCUT2D eigenvalue weighted by Crippen LogP contribution is -2.14. The zero-order valence-electron chi connectivity index (χ0n) is 17.1. The smallest absolute Gasteiger partial charge is 0.255 e. The zero-order chi connectivity index (χ0) is 21.7. The molecular formula is C24H23BrFNO3. The average Bonchev–Trinajstić information content (AvgIpc) is 2.72. The van der Waals surface area contributed by atoms with E-state index in [4.69, 9.17) is 9.47 Å². The second kappa shape index (κ2) is 9.76. The number of amides is 1. The minimum Gasteiger partial charge on any atom is -0.493 e. The van der Waals surface area contributed by atoms with E-state index in [9.17, 15) is 9.18 Å². The molecule has 3 rings (SSSR count). The van der Waals surface area contributed by atoms with Crippen molar-refractivity contribution in [3.8, 4) is 11.5 Å². The van der Waals surface area contributed by atoms with E-state index < -0.39 is 11.7 Å². The Hall–Kier alpha value is -2.86. The van der Waals surface area contributed by atoms with Crippen molar-refractivity contribution in [2.45, 2.75) is 27.4 Å². The standard InChI is InChI=1S/C24H23BrFNO3/c1-4-29-23-10-6-17(24(28)27-22-9-7-19(25)13-21(22)26)12-18(23)14-30-20-8-5-15(2)16(3)11-20/h5-13H,4,14H2,1-3H3,(H,27,28). The summed E-state index contributed by atoms with van der Waals surface area (Å²) >= 11 is 3.20. The third-order valence-electron chi connectivity index (χ3n) is 4.67. The molecule has 3 aromatic rings. The van der Waals surface area contributed by atoms with Crippen molar-refractivity contribution in [2.24, 2.45) is 0 Å². The van der Waals surface area contributed by atoms with Gasteiger partial charge in [-0.05, 0) is 80.4 Å². The molecule has 0 aliphatic rings. The van der Waals surface area contributed by atoms with Gasteiger partial charge in [-0.25, -0.2) is 4.39 Å². The van der Waals surface area contributed by atoms with E-state index in [0.717, 1.165) is 16.9 Å². The number of carbonyl (C=O) groups excluding carboxylic acids is 1. The van der Waals surface area contributed by atoms with Crippen LogP contribution in [0.4, 0.5) is 10.1 Å². The van der Waals surface area contributed by atoms with E-state index in [1.165, 1.54) is 17.7 Å². The Morgan fingerprint density at radius 3 is 2.50 bits per heavy atom.